The first-order valence-electron chi connectivity index (χ1n) is 7.79. The van der Waals surface area contributed by atoms with Gasteiger partial charge in [-0.05, 0) is 43.0 Å². The first kappa shape index (κ1) is 17.9. The van der Waals surface area contributed by atoms with Crippen molar-refractivity contribution in [1.29, 1.82) is 0 Å². The molecule has 0 radical (unpaired) electrons. The number of nitrogens with one attached hydrogen (secondary N) is 1. The summed E-state index contributed by atoms with van der Waals surface area (Å²) >= 11 is 7.48. The zero-order valence-corrected chi connectivity index (χ0v) is 14.9. The van der Waals surface area contributed by atoms with Crippen molar-refractivity contribution in [1.82, 2.24) is 5.32 Å². The van der Waals surface area contributed by atoms with Crippen LogP contribution in [0.5, 0.6) is 0 Å². The minimum Gasteiger partial charge on any atom is -0.353 e. The smallest absolute Gasteiger partial charge is 0.230 e. The van der Waals surface area contributed by atoms with Crippen LogP contribution >= 0.6 is 23.4 Å². The Bertz CT molecular complexity index is 601. The van der Waals surface area contributed by atoms with Gasteiger partial charge in [-0.3, -0.25) is 4.79 Å². The van der Waals surface area contributed by atoms with Gasteiger partial charge in [0.25, 0.3) is 0 Å². The molecular formula is C19H22ClNOS. The molecule has 2 rings (SSSR count). The molecule has 0 saturated carbocycles. The fourth-order valence-electron chi connectivity index (χ4n) is 2.26. The molecule has 0 aliphatic heterocycles. The maximum atomic E-state index is 12.0. The highest BCUT2D eigenvalue weighted by molar-refractivity contribution is 7.99. The molecule has 0 bridgehead atoms. The number of thioether (sulfide) groups is 1. The summed E-state index contributed by atoms with van der Waals surface area (Å²) in [5.74, 6) is 1.41. The largest absolute Gasteiger partial charge is 0.353 e. The van der Waals surface area contributed by atoms with Crippen LogP contribution in [0, 0.1) is 0 Å². The highest BCUT2D eigenvalue weighted by Crippen LogP contribution is 2.15. The number of carbonyl (C=O) groups excluding carboxylic acids is 1. The predicted octanol–water partition coefficient (Wildman–Crippen LogP) is 4.71. The lowest BCUT2D eigenvalue weighted by Gasteiger charge is -2.13. The summed E-state index contributed by atoms with van der Waals surface area (Å²) < 4.78 is 0. The molecule has 0 aliphatic carbocycles. The lowest BCUT2D eigenvalue weighted by molar-refractivity contribution is -0.119. The second kappa shape index (κ2) is 9.64. The molecule has 0 saturated heterocycles. The van der Waals surface area contributed by atoms with Gasteiger partial charge < -0.3 is 5.32 Å². The van der Waals surface area contributed by atoms with E-state index >= 15 is 0 Å². The number of benzene rings is 2. The van der Waals surface area contributed by atoms with E-state index in [2.05, 4.69) is 24.4 Å². The molecule has 23 heavy (non-hydrogen) atoms. The molecule has 2 nitrogen and oxygen atoms in total. The predicted molar refractivity (Wildman–Crippen MR) is 100.0 cm³/mol. The van der Waals surface area contributed by atoms with E-state index in [1.807, 2.05) is 42.5 Å². The van der Waals surface area contributed by atoms with Crippen LogP contribution in [0.25, 0.3) is 0 Å². The normalized spacial score (nSPS) is 11.9. The molecule has 0 spiro atoms. The van der Waals surface area contributed by atoms with Gasteiger partial charge in [-0.2, -0.15) is 0 Å². The molecule has 2 aromatic carbocycles. The zero-order valence-electron chi connectivity index (χ0n) is 13.3. The van der Waals surface area contributed by atoms with Crippen molar-refractivity contribution in [3.8, 4) is 0 Å². The van der Waals surface area contributed by atoms with Crippen LogP contribution in [-0.4, -0.2) is 17.7 Å². The minimum atomic E-state index is 0.101. The van der Waals surface area contributed by atoms with Crippen molar-refractivity contribution >= 4 is 29.3 Å². The SMILES string of the molecule is C[C@H](CCc1ccccc1)NC(=O)CSCc1ccc(Cl)cc1. The van der Waals surface area contributed by atoms with Crippen LogP contribution in [0.4, 0.5) is 0 Å². The molecule has 0 aliphatic rings. The van der Waals surface area contributed by atoms with Crippen molar-refractivity contribution in [2.45, 2.75) is 31.6 Å². The molecular weight excluding hydrogens is 326 g/mol. The van der Waals surface area contributed by atoms with E-state index in [0.29, 0.717) is 5.75 Å². The summed E-state index contributed by atoms with van der Waals surface area (Å²) in [5, 5.41) is 3.80. The Labute approximate surface area is 147 Å². The third-order valence-electron chi connectivity index (χ3n) is 3.53. The van der Waals surface area contributed by atoms with Gasteiger partial charge in [-0.25, -0.2) is 0 Å². The van der Waals surface area contributed by atoms with Crippen molar-refractivity contribution in [2.75, 3.05) is 5.75 Å². The Morgan fingerprint density at radius 2 is 1.78 bits per heavy atom. The lowest BCUT2D eigenvalue weighted by atomic mass is 10.1. The maximum Gasteiger partial charge on any atom is 0.230 e. The molecule has 1 atom stereocenters. The van der Waals surface area contributed by atoms with E-state index in [1.54, 1.807) is 11.8 Å². The van der Waals surface area contributed by atoms with E-state index in [9.17, 15) is 4.79 Å². The number of amides is 1. The van der Waals surface area contributed by atoms with E-state index < -0.39 is 0 Å². The second-order valence-corrected chi connectivity index (χ2v) is 7.03. The van der Waals surface area contributed by atoms with Gasteiger partial charge in [0.05, 0.1) is 5.75 Å². The van der Waals surface area contributed by atoms with Crippen molar-refractivity contribution in [3.63, 3.8) is 0 Å². The Hall–Kier alpha value is -1.45. The topological polar surface area (TPSA) is 29.1 Å². The third-order valence-corrected chi connectivity index (χ3v) is 4.79. The maximum absolute atomic E-state index is 12.0. The van der Waals surface area contributed by atoms with E-state index in [4.69, 9.17) is 11.6 Å². The van der Waals surface area contributed by atoms with Gasteiger partial charge in [-0.15, -0.1) is 11.8 Å². The van der Waals surface area contributed by atoms with Gasteiger partial charge in [-0.1, -0.05) is 54.1 Å². The van der Waals surface area contributed by atoms with Crippen molar-refractivity contribution in [3.05, 3.63) is 70.7 Å². The fourth-order valence-corrected chi connectivity index (χ4v) is 3.18. The molecule has 0 heterocycles. The number of rotatable bonds is 8. The number of carbonyl (C=O) groups is 1. The first-order chi connectivity index (χ1) is 11.1. The van der Waals surface area contributed by atoms with Crippen LogP contribution in [0.1, 0.15) is 24.5 Å². The number of halogens is 1. The summed E-state index contributed by atoms with van der Waals surface area (Å²) in [6.45, 7) is 2.06. The average Bonchev–Trinajstić information content (AvgIpc) is 2.56. The number of aryl methyl sites for hydroxylation is 1. The average molecular weight is 348 g/mol. The van der Waals surface area contributed by atoms with E-state index in [0.717, 1.165) is 23.6 Å². The van der Waals surface area contributed by atoms with Crippen LogP contribution in [0.3, 0.4) is 0 Å². The Balaban J connectivity index is 1.63. The second-order valence-electron chi connectivity index (χ2n) is 5.61. The molecule has 122 valence electrons. The molecule has 0 aromatic heterocycles. The zero-order chi connectivity index (χ0) is 16.5. The molecule has 1 amide bonds. The van der Waals surface area contributed by atoms with Gasteiger partial charge >= 0.3 is 0 Å². The summed E-state index contributed by atoms with van der Waals surface area (Å²) in [5.41, 5.74) is 2.50. The molecule has 2 aromatic rings. The van der Waals surface area contributed by atoms with E-state index in [-0.39, 0.29) is 11.9 Å². The highest BCUT2D eigenvalue weighted by Gasteiger charge is 2.08. The molecule has 0 fully saturated rings. The van der Waals surface area contributed by atoms with Gasteiger partial charge in [0.2, 0.25) is 5.91 Å². The minimum absolute atomic E-state index is 0.101. The summed E-state index contributed by atoms with van der Waals surface area (Å²) in [4.78, 5) is 12.0. The fraction of sp³-hybridized carbons (Fsp3) is 0.316. The van der Waals surface area contributed by atoms with Crippen LogP contribution in [0.15, 0.2) is 54.6 Å². The Morgan fingerprint density at radius 3 is 2.48 bits per heavy atom. The quantitative estimate of drug-likeness (QED) is 0.749. The number of hydrogen-bond donors (Lipinski definition) is 1. The third kappa shape index (κ3) is 7.10. The van der Waals surface area contributed by atoms with Crippen molar-refractivity contribution in [2.24, 2.45) is 0 Å². The molecule has 4 heteroatoms. The first-order valence-corrected chi connectivity index (χ1v) is 9.32. The van der Waals surface area contributed by atoms with Gasteiger partial charge in [0.15, 0.2) is 0 Å². The summed E-state index contributed by atoms with van der Waals surface area (Å²) in [6.07, 6.45) is 1.94. The Morgan fingerprint density at radius 1 is 1.09 bits per heavy atom. The van der Waals surface area contributed by atoms with Gasteiger partial charge in [0.1, 0.15) is 0 Å². The van der Waals surface area contributed by atoms with Crippen LogP contribution in [-0.2, 0) is 17.0 Å². The van der Waals surface area contributed by atoms with Crippen molar-refractivity contribution < 1.29 is 4.79 Å². The van der Waals surface area contributed by atoms with Gasteiger partial charge in [0, 0.05) is 16.8 Å². The lowest BCUT2D eigenvalue weighted by Crippen LogP contribution is -2.34. The highest BCUT2D eigenvalue weighted by atomic mass is 35.5. The van der Waals surface area contributed by atoms with E-state index in [1.165, 1.54) is 11.1 Å². The Kier molecular flexibility index (Phi) is 7.50. The summed E-state index contributed by atoms with van der Waals surface area (Å²) in [7, 11) is 0. The van der Waals surface area contributed by atoms with Crippen LogP contribution < -0.4 is 5.32 Å². The standard InChI is InChI=1S/C19H22ClNOS/c1-15(7-8-16-5-3-2-4-6-16)21-19(22)14-23-13-17-9-11-18(20)12-10-17/h2-6,9-12,15H,7-8,13-14H2,1H3,(H,21,22)/t15-/m1/s1. The summed E-state index contributed by atoms with van der Waals surface area (Å²) in [6, 6.07) is 18.3. The molecule has 1 N–H and O–H groups in total. The van der Waals surface area contributed by atoms with Crippen LogP contribution in [0.2, 0.25) is 5.02 Å². The monoisotopic (exact) mass is 347 g/mol. The number of hydrogen-bond acceptors (Lipinski definition) is 2. The molecule has 0 unspecified atom stereocenters.